The standard InChI is InChI=1S/C7H14O4S/c1-3-5(9)6(10)7(12)4(2-8)11-3/h3-10,12H,2H2,1H3. The minimum atomic E-state index is -0.936. The highest BCUT2D eigenvalue weighted by molar-refractivity contribution is 7.81. The van der Waals surface area contributed by atoms with Crippen LogP contribution in [0.3, 0.4) is 0 Å². The lowest BCUT2D eigenvalue weighted by Crippen LogP contribution is -2.55. The van der Waals surface area contributed by atoms with Gasteiger partial charge < -0.3 is 20.1 Å². The van der Waals surface area contributed by atoms with Gasteiger partial charge in [-0.25, -0.2) is 0 Å². The molecule has 5 unspecified atom stereocenters. The Labute approximate surface area is 76.6 Å². The van der Waals surface area contributed by atoms with Crippen molar-refractivity contribution in [2.75, 3.05) is 6.61 Å². The molecule has 1 aliphatic rings. The molecule has 0 aromatic rings. The van der Waals surface area contributed by atoms with Crippen LogP contribution in [0.2, 0.25) is 0 Å². The molecule has 0 aromatic carbocycles. The predicted molar refractivity (Wildman–Crippen MR) is 46.2 cm³/mol. The van der Waals surface area contributed by atoms with Crippen LogP contribution in [0.15, 0.2) is 0 Å². The van der Waals surface area contributed by atoms with E-state index in [1.54, 1.807) is 6.92 Å². The van der Waals surface area contributed by atoms with E-state index in [2.05, 4.69) is 12.6 Å². The molecule has 12 heavy (non-hydrogen) atoms. The summed E-state index contributed by atoms with van der Waals surface area (Å²) in [5.74, 6) is 0. The smallest absolute Gasteiger partial charge is 0.107 e. The first kappa shape index (κ1) is 10.3. The lowest BCUT2D eigenvalue weighted by atomic mass is 9.98. The van der Waals surface area contributed by atoms with E-state index in [4.69, 9.17) is 9.84 Å². The fourth-order valence-electron chi connectivity index (χ4n) is 1.29. The molecule has 0 spiro atoms. The van der Waals surface area contributed by atoms with E-state index in [9.17, 15) is 10.2 Å². The average Bonchev–Trinajstić information content (AvgIpc) is 2.08. The summed E-state index contributed by atoms with van der Waals surface area (Å²) in [6.45, 7) is 1.46. The molecule has 4 nitrogen and oxygen atoms in total. The maximum atomic E-state index is 9.40. The lowest BCUT2D eigenvalue weighted by molar-refractivity contribution is -0.165. The molecule has 5 heteroatoms. The Morgan fingerprint density at radius 3 is 2.42 bits per heavy atom. The van der Waals surface area contributed by atoms with E-state index < -0.39 is 29.7 Å². The molecule has 1 aliphatic heterocycles. The number of hydrogen-bond donors (Lipinski definition) is 4. The second-order valence-corrected chi connectivity index (χ2v) is 3.63. The maximum absolute atomic E-state index is 9.40. The van der Waals surface area contributed by atoms with Crippen LogP contribution < -0.4 is 0 Å². The molecule has 3 N–H and O–H groups in total. The zero-order chi connectivity index (χ0) is 9.30. The van der Waals surface area contributed by atoms with E-state index in [1.807, 2.05) is 0 Å². The third-order valence-corrected chi connectivity index (χ3v) is 2.77. The minimum absolute atomic E-state index is 0.192. The Morgan fingerprint density at radius 1 is 1.33 bits per heavy atom. The fraction of sp³-hybridized carbons (Fsp3) is 1.00. The van der Waals surface area contributed by atoms with Crippen LogP contribution in [0, 0.1) is 0 Å². The molecule has 1 fully saturated rings. The molecule has 0 radical (unpaired) electrons. The number of rotatable bonds is 1. The third-order valence-electron chi connectivity index (χ3n) is 2.13. The summed E-state index contributed by atoms with van der Waals surface area (Å²) in [6, 6.07) is 0. The van der Waals surface area contributed by atoms with Crippen molar-refractivity contribution >= 4 is 12.6 Å². The average molecular weight is 194 g/mol. The first-order chi connectivity index (χ1) is 5.57. The monoisotopic (exact) mass is 194 g/mol. The van der Waals surface area contributed by atoms with Gasteiger partial charge in [-0.05, 0) is 6.92 Å². The van der Waals surface area contributed by atoms with Crippen molar-refractivity contribution in [3.63, 3.8) is 0 Å². The molecular formula is C7H14O4S. The van der Waals surface area contributed by atoms with Gasteiger partial charge in [-0.15, -0.1) is 0 Å². The van der Waals surface area contributed by atoms with Gasteiger partial charge >= 0.3 is 0 Å². The van der Waals surface area contributed by atoms with Crippen LogP contribution in [0.1, 0.15) is 6.92 Å². The summed E-state index contributed by atoms with van der Waals surface area (Å²) in [4.78, 5) is 0. The third kappa shape index (κ3) is 1.75. The molecule has 0 saturated carbocycles. The van der Waals surface area contributed by atoms with Crippen molar-refractivity contribution in [1.29, 1.82) is 0 Å². The van der Waals surface area contributed by atoms with Crippen molar-refractivity contribution in [3.05, 3.63) is 0 Å². The van der Waals surface area contributed by atoms with Gasteiger partial charge in [0.15, 0.2) is 0 Å². The number of hydrogen-bond acceptors (Lipinski definition) is 5. The van der Waals surface area contributed by atoms with Crippen LogP contribution >= 0.6 is 12.6 Å². The van der Waals surface area contributed by atoms with Gasteiger partial charge in [0, 0.05) is 0 Å². The molecule has 0 aromatic heterocycles. The first-order valence-corrected chi connectivity index (χ1v) is 4.40. The highest BCUT2D eigenvalue weighted by Crippen LogP contribution is 2.24. The quantitative estimate of drug-likeness (QED) is 0.395. The van der Waals surface area contributed by atoms with Crippen LogP contribution in [-0.2, 0) is 4.74 Å². The summed E-state index contributed by atoms with van der Waals surface area (Å²) in [5.41, 5.74) is 0. The topological polar surface area (TPSA) is 69.9 Å². The van der Waals surface area contributed by atoms with Crippen LogP contribution in [0.5, 0.6) is 0 Å². The van der Waals surface area contributed by atoms with E-state index in [1.165, 1.54) is 0 Å². The fourth-order valence-corrected chi connectivity index (χ4v) is 1.63. The molecule has 1 rings (SSSR count). The Bertz CT molecular complexity index is 150. The van der Waals surface area contributed by atoms with Gasteiger partial charge in [-0.3, -0.25) is 0 Å². The van der Waals surface area contributed by atoms with Gasteiger partial charge in [0.25, 0.3) is 0 Å². The van der Waals surface area contributed by atoms with Gasteiger partial charge in [0.05, 0.1) is 30.2 Å². The zero-order valence-electron chi connectivity index (χ0n) is 6.79. The molecule has 0 amide bonds. The van der Waals surface area contributed by atoms with E-state index in [0.717, 1.165) is 0 Å². The summed E-state index contributed by atoms with van der Waals surface area (Å²) in [6.07, 6.45) is -2.81. The highest BCUT2D eigenvalue weighted by Gasteiger charge is 2.40. The normalized spacial score (nSPS) is 49.2. The minimum Gasteiger partial charge on any atom is -0.394 e. The second-order valence-electron chi connectivity index (χ2n) is 3.03. The SMILES string of the molecule is CC1OC(CO)C(S)C(O)C1O. The van der Waals surface area contributed by atoms with Crippen molar-refractivity contribution in [2.24, 2.45) is 0 Å². The predicted octanol–water partition coefficient (Wildman–Crippen LogP) is -1.21. The van der Waals surface area contributed by atoms with Crippen molar-refractivity contribution in [3.8, 4) is 0 Å². The molecule has 1 saturated heterocycles. The van der Waals surface area contributed by atoms with Crippen LogP contribution in [-0.4, -0.2) is 51.6 Å². The van der Waals surface area contributed by atoms with Crippen molar-refractivity contribution in [1.82, 2.24) is 0 Å². The number of thiol groups is 1. The van der Waals surface area contributed by atoms with Gasteiger partial charge in [-0.1, -0.05) is 0 Å². The van der Waals surface area contributed by atoms with Crippen LogP contribution in [0.25, 0.3) is 0 Å². The first-order valence-electron chi connectivity index (χ1n) is 3.88. The number of ether oxygens (including phenoxy) is 1. The Morgan fingerprint density at radius 2 is 1.92 bits per heavy atom. The second kappa shape index (κ2) is 3.93. The van der Waals surface area contributed by atoms with Crippen LogP contribution in [0.4, 0.5) is 0 Å². The molecular weight excluding hydrogens is 180 g/mol. The van der Waals surface area contributed by atoms with E-state index in [0.29, 0.717) is 0 Å². The zero-order valence-corrected chi connectivity index (χ0v) is 7.69. The Kier molecular flexibility index (Phi) is 3.37. The van der Waals surface area contributed by atoms with E-state index >= 15 is 0 Å². The van der Waals surface area contributed by atoms with E-state index in [-0.39, 0.29) is 6.61 Å². The summed E-state index contributed by atoms with van der Waals surface area (Å²) in [5, 5.41) is 27.0. The molecule has 5 atom stereocenters. The molecule has 72 valence electrons. The number of aliphatic hydroxyl groups excluding tert-OH is 3. The van der Waals surface area contributed by atoms with Crippen molar-refractivity contribution in [2.45, 2.75) is 36.6 Å². The summed E-state index contributed by atoms with van der Waals surface area (Å²) >= 11 is 4.04. The number of aliphatic hydroxyl groups is 3. The van der Waals surface area contributed by atoms with Gasteiger partial charge in [0.2, 0.25) is 0 Å². The molecule has 0 aliphatic carbocycles. The van der Waals surface area contributed by atoms with Gasteiger partial charge in [0.1, 0.15) is 6.10 Å². The molecule has 0 bridgehead atoms. The highest BCUT2D eigenvalue weighted by atomic mass is 32.1. The Balaban J connectivity index is 2.63. The van der Waals surface area contributed by atoms with Crippen molar-refractivity contribution < 1.29 is 20.1 Å². The molecule has 1 heterocycles. The Hall–Kier alpha value is 0.190. The van der Waals surface area contributed by atoms with Gasteiger partial charge in [-0.2, -0.15) is 12.6 Å². The summed E-state index contributed by atoms with van der Waals surface area (Å²) < 4.78 is 5.19. The largest absolute Gasteiger partial charge is 0.394 e. The summed E-state index contributed by atoms with van der Waals surface area (Å²) in [7, 11) is 0. The lowest BCUT2D eigenvalue weighted by Gasteiger charge is -2.39. The maximum Gasteiger partial charge on any atom is 0.107 e.